The summed E-state index contributed by atoms with van der Waals surface area (Å²) in [6.07, 6.45) is 1.84. The van der Waals surface area contributed by atoms with Gasteiger partial charge in [-0.2, -0.15) is 5.26 Å². The fourth-order valence-electron chi connectivity index (χ4n) is 2.66. The van der Waals surface area contributed by atoms with Crippen molar-refractivity contribution in [3.63, 3.8) is 0 Å². The summed E-state index contributed by atoms with van der Waals surface area (Å²) in [5, 5.41) is 13.0. The summed E-state index contributed by atoms with van der Waals surface area (Å²) in [5.41, 5.74) is 1.05. The molecule has 0 amide bonds. The molecule has 3 heteroatoms. The van der Waals surface area contributed by atoms with Crippen LogP contribution in [0.5, 0.6) is 0 Å². The molecule has 1 heterocycles. The van der Waals surface area contributed by atoms with E-state index < -0.39 is 0 Å². The van der Waals surface area contributed by atoms with Crippen LogP contribution >= 0.6 is 0 Å². The molecule has 3 nitrogen and oxygen atoms in total. The second-order valence-electron chi connectivity index (χ2n) is 6.23. The van der Waals surface area contributed by atoms with E-state index in [-0.39, 0.29) is 5.54 Å². The average molecular weight is 271 g/mol. The molecule has 0 unspecified atom stereocenters. The monoisotopic (exact) mass is 271 g/mol. The Bertz CT molecular complexity index is 439. The van der Waals surface area contributed by atoms with Crippen molar-refractivity contribution in [1.29, 1.82) is 5.26 Å². The quantitative estimate of drug-likeness (QED) is 0.895. The first kappa shape index (κ1) is 15.0. The van der Waals surface area contributed by atoms with Crippen molar-refractivity contribution in [2.45, 2.75) is 38.8 Å². The average Bonchev–Trinajstić information content (AvgIpc) is 2.48. The Morgan fingerprint density at radius 1 is 1.25 bits per heavy atom. The van der Waals surface area contributed by atoms with Gasteiger partial charge in [0.1, 0.15) is 5.54 Å². The van der Waals surface area contributed by atoms with Crippen LogP contribution in [0.4, 0.5) is 0 Å². The number of hydrogen-bond donors (Lipinski definition) is 1. The summed E-state index contributed by atoms with van der Waals surface area (Å²) in [4.78, 5) is 2.45. The van der Waals surface area contributed by atoms with Crippen LogP contribution in [0.1, 0.15) is 32.3 Å². The van der Waals surface area contributed by atoms with Crippen molar-refractivity contribution < 1.29 is 0 Å². The molecule has 1 aromatic carbocycles. The molecule has 0 aromatic heterocycles. The van der Waals surface area contributed by atoms with Gasteiger partial charge in [0.15, 0.2) is 0 Å². The Labute approximate surface area is 122 Å². The van der Waals surface area contributed by atoms with Gasteiger partial charge in [0.25, 0.3) is 0 Å². The highest BCUT2D eigenvalue weighted by atomic mass is 15.2. The number of likely N-dealkylation sites (tertiary alicyclic amines) is 1. The molecule has 0 aliphatic carbocycles. The van der Waals surface area contributed by atoms with Gasteiger partial charge in [0.2, 0.25) is 0 Å². The molecule has 1 aromatic rings. The maximum Gasteiger partial charge on any atom is 0.109 e. The standard InChI is InChI=1S/C17H25N3/c1-15(2)12-19-17(14-18)8-10-20(11-9-17)13-16-6-4-3-5-7-16/h3-7,15,19H,8-13H2,1-2H3. The van der Waals surface area contributed by atoms with Crippen molar-refractivity contribution in [1.82, 2.24) is 10.2 Å². The van der Waals surface area contributed by atoms with Gasteiger partial charge in [-0.25, -0.2) is 0 Å². The topological polar surface area (TPSA) is 39.1 Å². The number of rotatable bonds is 5. The van der Waals surface area contributed by atoms with E-state index >= 15 is 0 Å². The largest absolute Gasteiger partial charge is 0.299 e. The van der Waals surface area contributed by atoms with Crippen LogP contribution in [0.15, 0.2) is 30.3 Å². The Hall–Kier alpha value is -1.37. The van der Waals surface area contributed by atoms with Crippen LogP contribution in [0, 0.1) is 17.2 Å². The van der Waals surface area contributed by atoms with Crippen LogP contribution in [-0.4, -0.2) is 30.1 Å². The predicted octanol–water partition coefficient (Wildman–Crippen LogP) is 2.79. The lowest BCUT2D eigenvalue weighted by Gasteiger charge is -2.38. The third-order valence-electron chi connectivity index (χ3n) is 4.02. The Morgan fingerprint density at radius 3 is 2.45 bits per heavy atom. The zero-order valence-electron chi connectivity index (χ0n) is 12.6. The highest BCUT2D eigenvalue weighted by molar-refractivity contribution is 5.15. The summed E-state index contributed by atoms with van der Waals surface area (Å²) in [7, 11) is 0. The fourth-order valence-corrected chi connectivity index (χ4v) is 2.66. The van der Waals surface area contributed by atoms with Crippen LogP contribution < -0.4 is 5.32 Å². The Morgan fingerprint density at radius 2 is 1.90 bits per heavy atom. The van der Waals surface area contributed by atoms with Crippen molar-refractivity contribution in [3.8, 4) is 6.07 Å². The summed E-state index contributed by atoms with van der Waals surface area (Å²) in [6, 6.07) is 13.1. The predicted molar refractivity (Wildman–Crippen MR) is 82.1 cm³/mol. The molecule has 0 radical (unpaired) electrons. The van der Waals surface area contributed by atoms with E-state index in [4.69, 9.17) is 0 Å². The number of nitrogens with zero attached hydrogens (tertiary/aromatic N) is 2. The number of nitriles is 1. The van der Waals surface area contributed by atoms with Crippen molar-refractivity contribution in [2.24, 2.45) is 5.92 Å². The van der Waals surface area contributed by atoms with Crippen LogP contribution in [0.3, 0.4) is 0 Å². The number of hydrogen-bond acceptors (Lipinski definition) is 3. The molecule has 1 fully saturated rings. The van der Waals surface area contributed by atoms with Crippen LogP contribution in [0.25, 0.3) is 0 Å². The zero-order chi connectivity index (χ0) is 14.4. The van der Waals surface area contributed by atoms with E-state index in [0.717, 1.165) is 39.0 Å². The molecule has 2 rings (SSSR count). The Balaban J connectivity index is 1.86. The number of piperidine rings is 1. The number of benzene rings is 1. The molecule has 1 saturated heterocycles. The van der Waals surface area contributed by atoms with Gasteiger partial charge >= 0.3 is 0 Å². The third kappa shape index (κ3) is 4.06. The molecule has 0 atom stereocenters. The smallest absolute Gasteiger partial charge is 0.109 e. The minimum absolute atomic E-state index is 0.308. The molecule has 0 saturated carbocycles. The van der Waals surface area contributed by atoms with E-state index in [1.54, 1.807) is 0 Å². The van der Waals surface area contributed by atoms with Crippen LogP contribution in [0.2, 0.25) is 0 Å². The van der Waals surface area contributed by atoms with E-state index in [9.17, 15) is 5.26 Å². The molecule has 1 aliphatic rings. The van der Waals surface area contributed by atoms with Crippen molar-refractivity contribution in [2.75, 3.05) is 19.6 Å². The van der Waals surface area contributed by atoms with E-state index in [1.807, 2.05) is 0 Å². The second kappa shape index (κ2) is 6.88. The van der Waals surface area contributed by atoms with Gasteiger partial charge in [0.05, 0.1) is 6.07 Å². The number of nitrogens with one attached hydrogen (secondary N) is 1. The lowest BCUT2D eigenvalue weighted by molar-refractivity contribution is 0.158. The molecule has 20 heavy (non-hydrogen) atoms. The lowest BCUT2D eigenvalue weighted by Crippen LogP contribution is -2.53. The summed E-state index contributed by atoms with van der Waals surface area (Å²) >= 11 is 0. The van der Waals surface area contributed by atoms with Gasteiger partial charge in [-0.15, -0.1) is 0 Å². The van der Waals surface area contributed by atoms with Gasteiger partial charge in [0, 0.05) is 19.6 Å². The van der Waals surface area contributed by atoms with Crippen molar-refractivity contribution in [3.05, 3.63) is 35.9 Å². The van der Waals surface area contributed by atoms with E-state index in [0.29, 0.717) is 5.92 Å². The van der Waals surface area contributed by atoms with Crippen molar-refractivity contribution >= 4 is 0 Å². The minimum atomic E-state index is -0.308. The Kier molecular flexibility index (Phi) is 5.17. The molecular formula is C17H25N3. The maximum atomic E-state index is 9.50. The molecule has 0 spiro atoms. The third-order valence-corrected chi connectivity index (χ3v) is 4.02. The molecule has 108 valence electrons. The highest BCUT2D eigenvalue weighted by Crippen LogP contribution is 2.23. The van der Waals surface area contributed by atoms with Gasteiger partial charge in [-0.3, -0.25) is 10.2 Å². The summed E-state index contributed by atoms with van der Waals surface area (Å²) in [6.45, 7) is 8.27. The SMILES string of the molecule is CC(C)CNC1(C#N)CCN(Cc2ccccc2)CC1. The second-order valence-corrected chi connectivity index (χ2v) is 6.23. The van der Waals surface area contributed by atoms with Gasteiger partial charge in [-0.05, 0) is 30.9 Å². The first-order valence-corrected chi connectivity index (χ1v) is 7.56. The first-order valence-electron chi connectivity index (χ1n) is 7.56. The fraction of sp³-hybridized carbons (Fsp3) is 0.588. The molecular weight excluding hydrogens is 246 g/mol. The van der Waals surface area contributed by atoms with Crippen LogP contribution in [-0.2, 0) is 6.54 Å². The maximum absolute atomic E-state index is 9.50. The van der Waals surface area contributed by atoms with Gasteiger partial charge in [-0.1, -0.05) is 44.2 Å². The van der Waals surface area contributed by atoms with E-state index in [1.165, 1.54) is 5.56 Å². The van der Waals surface area contributed by atoms with E-state index in [2.05, 4.69) is 60.5 Å². The molecule has 1 aliphatic heterocycles. The highest BCUT2D eigenvalue weighted by Gasteiger charge is 2.34. The first-order chi connectivity index (χ1) is 9.63. The molecule has 0 bridgehead atoms. The van der Waals surface area contributed by atoms with Gasteiger partial charge < -0.3 is 0 Å². The minimum Gasteiger partial charge on any atom is -0.299 e. The lowest BCUT2D eigenvalue weighted by atomic mass is 9.88. The normalized spacial score (nSPS) is 18.9. The zero-order valence-corrected chi connectivity index (χ0v) is 12.6. The summed E-state index contributed by atoms with van der Waals surface area (Å²) in [5.74, 6) is 0.586. The molecule has 1 N–H and O–H groups in total. The summed E-state index contributed by atoms with van der Waals surface area (Å²) < 4.78 is 0.